The molecule has 1 saturated heterocycles. The zero-order chi connectivity index (χ0) is 24.5. The van der Waals surface area contributed by atoms with Crippen LogP contribution < -0.4 is 10.1 Å². The fraction of sp³-hybridized carbons (Fsp3) is 0.346. The van der Waals surface area contributed by atoms with Crippen LogP contribution in [0.2, 0.25) is 0 Å². The van der Waals surface area contributed by atoms with Gasteiger partial charge in [-0.3, -0.25) is 4.79 Å². The van der Waals surface area contributed by atoms with Gasteiger partial charge in [-0.05, 0) is 76.1 Å². The van der Waals surface area contributed by atoms with Crippen molar-refractivity contribution in [2.75, 3.05) is 20.2 Å². The molecule has 2 heterocycles. The van der Waals surface area contributed by atoms with Crippen LogP contribution in [0.3, 0.4) is 0 Å². The second-order valence-electron chi connectivity index (χ2n) is 8.78. The molecule has 1 amide bonds. The van der Waals surface area contributed by atoms with Gasteiger partial charge < -0.3 is 14.6 Å². The van der Waals surface area contributed by atoms with Crippen molar-refractivity contribution in [3.8, 4) is 11.4 Å². The van der Waals surface area contributed by atoms with Crippen molar-refractivity contribution < 1.29 is 17.9 Å². The smallest absolute Gasteiger partial charge is 0.253 e. The van der Waals surface area contributed by atoms with Gasteiger partial charge in [-0.15, -0.1) is 0 Å². The fourth-order valence-electron chi connectivity index (χ4n) is 4.48. The van der Waals surface area contributed by atoms with Gasteiger partial charge in [-0.1, -0.05) is 17.7 Å². The number of hydrogen-bond donors (Lipinski definition) is 1. The number of rotatable bonds is 6. The molecule has 1 N–H and O–H groups in total. The van der Waals surface area contributed by atoms with Gasteiger partial charge in [0, 0.05) is 36.2 Å². The lowest BCUT2D eigenvalue weighted by Crippen LogP contribution is -2.46. The number of sulfonamides is 1. The van der Waals surface area contributed by atoms with E-state index < -0.39 is 10.0 Å². The standard InChI is InChI=1S/C26H31N3O4S/c1-18-5-11-24(12-6-18)34(31,32)28-15-13-21(14-16-28)27-26(30)25-17-19(2)29(20(25)3)22-7-9-23(33-4)10-8-22/h5-12,17,21H,13-16H2,1-4H3,(H,27,30). The van der Waals surface area contributed by atoms with Crippen LogP contribution in [-0.2, 0) is 10.0 Å². The first-order valence-electron chi connectivity index (χ1n) is 11.4. The van der Waals surface area contributed by atoms with Crippen molar-refractivity contribution in [3.05, 3.63) is 77.1 Å². The molecular weight excluding hydrogens is 450 g/mol. The van der Waals surface area contributed by atoms with Gasteiger partial charge in [-0.2, -0.15) is 4.31 Å². The van der Waals surface area contributed by atoms with Crippen molar-refractivity contribution >= 4 is 15.9 Å². The average molecular weight is 482 g/mol. The molecule has 2 aromatic carbocycles. The molecule has 0 aliphatic carbocycles. The quantitative estimate of drug-likeness (QED) is 0.577. The molecule has 0 bridgehead atoms. The van der Waals surface area contributed by atoms with Gasteiger partial charge in [-0.25, -0.2) is 8.42 Å². The predicted octanol–water partition coefficient (Wildman–Crippen LogP) is 3.99. The molecule has 1 fully saturated rings. The molecule has 0 spiro atoms. The number of amides is 1. The van der Waals surface area contributed by atoms with Crippen LogP contribution in [0.25, 0.3) is 5.69 Å². The Bertz CT molecular complexity index is 1270. The zero-order valence-corrected chi connectivity index (χ0v) is 20.9. The molecule has 0 saturated carbocycles. The molecule has 34 heavy (non-hydrogen) atoms. The maximum absolute atomic E-state index is 13.1. The van der Waals surface area contributed by atoms with E-state index in [0.29, 0.717) is 36.4 Å². The Morgan fingerprint density at radius 3 is 2.18 bits per heavy atom. The largest absolute Gasteiger partial charge is 0.497 e. The lowest BCUT2D eigenvalue weighted by atomic mass is 10.1. The summed E-state index contributed by atoms with van der Waals surface area (Å²) in [5.41, 5.74) is 4.44. The third kappa shape index (κ3) is 4.74. The Kier molecular flexibility index (Phi) is 6.81. The van der Waals surface area contributed by atoms with Gasteiger partial charge in [0.25, 0.3) is 5.91 Å². The molecule has 1 aromatic heterocycles. The molecule has 7 nitrogen and oxygen atoms in total. The lowest BCUT2D eigenvalue weighted by Gasteiger charge is -2.31. The minimum absolute atomic E-state index is 0.0685. The number of aryl methyl sites for hydroxylation is 2. The van der Waals surface area contributed by atoms with E-state index in [2.05, 4.69) is 5.32 Å². The first-order chi connectivity index (χ1) is 16.2. The number of carbonyl (C=O) groups excluding carboxylic acids is 1. The predicted molar refractivity (Wildman–Crippen MR) is 132 cm³/mol. The summed E-state index contributed by atoms with van der Waals surface area (Å²) >= 11 is 0. The second-order valence-corrected chi connectivity index (χ2v) is 10.7. The molecule has 0 radical (unpaired) electrons. The summed E-state index contributed by atoms with van der Waals surface area (Å²) in [5, 5.41) is 3.11. The number of ether oxygens (including phenoxy) is 1. The Labute approximate surface area is 201 Å². The number of hydrogen-bond acceptors (Lipinski definition) is 4. The number of piperidine rings is 1. The maximum atomic E-state index is 13.1. The van der Waals surface area contributed by atoms with Crippen molar-refractivity contribution in [1.82, 2.24) is 14.2 Å². The monoisotopic (exact) mass is 481 g/mol. The van der Waals surface area contributed by atoms with E-state index >= 15 is 0 Å². The Morgan fingerprint density at radius 1 is 0.971 bits per heavy atom. The van der Waals surface area contributed by atoms with Gasteiger partial charge in [0.15, 0.2) is 0 Å². The van der Waals surface area contributed by atoms with E-state index in [9.17, 15) is 13.2 Å². The van der Waals surface area contributed by atoms with E-state index in [1.54, 1.807) is 19.2 Å². The molecule has 180 valence electrons. The first-order valence-corrected chi connectivity index (χ1v) is 12.9. The third-order valence-corrected chi connectivity index (χ3v) is 8.37. The maximum Gasteiger partial charge on any atom is 0.253 e. The molecule has 0 unspecified atom stereocenters. The van der Waals surface area contributed by atoms with Crippen molar-refractivity contribution in [1.29, 1.82) is 0 Å². The van der Waals surface area contributed by atoms with Crippen LogP contribution >= 0.6 is 0 Å². The summed E-state index contributed by atoms with van der Waals surface area (Å²) in [6.07, 6.45) is 1.15. The van der Waals surface area contributed by atoms with E-state index in [0.717, 1.165) is 28.4 Å². The molecule has 1 aliphatic heterocycles. The van der Waals surface area contributed by atoms with Crippen molar-refractivity contribution in [2.45, 2.75) is 44.6 Å². The van der Waals surface area contributed by atoms with E-state index in [1.807, 2.05) is 67.8 Å². The number of aromatic nitrogens is 1. The minimum Gasteiger partial charge on any atom is -0.497 e. The average Bonchev–Trinajstić information content (AvgIpc) is 3.13. The van der Waals surface area contributed by atoms with Crippen LogP contribution in [0.15, 0.2) is 59.5 Å². The summed E-state index contributed by atoms with van der Waals surface area (Å²) in [5.74, 6) is 0.646. The fourth-order valence-corrected chi connectivity index (χ4v) is 5.95. The number of nitrogens with one attached hydrogen (secondary N) is 1. The van der Waals surface area contributed by atoms with Crippen LogP contribution in [0.4, 0.5) is 0 Å². The highest BCUT2D eigenvalue weighted by molar-refractivity contribution is 7.89. The summed E-state index contributed by atoms with van der Waals surface area (Å²) in [4.78, 5) is 13.4. The highest BCUT2D eigenvalue weighted by Crippen LogP contribution is 2.24. The number of nitrogens with zero attached hydrogens (tertiary/aromatic N) is 2. The Balaban J connectivity index is 1.42. The molecule has 0 atom stereocenters. The normalized spacial score (nSPS) is 15.3. The van der Waals surface area contributed by atoms with Crippen LogP contribution in [0.5, 0.6) is 5.75 Å². The summed E-state index contributed by atoms with van der Waals surface area (Å²) in [6.45, 7) is 6.60. The molecule has 3 aromatic rings. The van der Waals surface area contributed by atoms with E-state index in [-0.39, 0.29) is 11.9 Å². The van der Waals surface area contributed by atoms with Gasteiger partial charge in [0.05, 0.1) is 17.6 Å². The van der Waals surface area contributed by atoms with E-state index in [1.165, 1.54) is 4.31 Å². The first kappa shape index (κ1) is 24.0. The van der Waals surface area contributed by atoms with Gasteiger partial charge >= 0.3 is 0 Å². The van der Waals surface area contributed by atoms with Crippen LogP contribution in [0.1, 0.15) is 40.2 Å². The minimum atomic E-state index is -3.52. The van der Waals surface area contributed by atoms with Gasteiger partial charge in [0.1, 0.15) is 5.75 Å². The topological polar surface area (TPSA) is 80.6 Å². The van der Waals surface area contributed by atoms with Crippen LogP contribution in [0, 0.1) is 20.8 Å². The molecular formula is C26H31N3O4S. The Morgan fingerprint density at radius 2 is 1.59 bits per heavy atom. The highest BCUT2D eigenvalue weighted by atomic mass is 32.2. The number of carbonyl (C=O) groups is 1. The molecule has 1 aliphatic rings. The van der Waals surface area contributed by atoms with E-state index in [4.69, 9.17) is 4.74 Å². The summed E-state index contributed by atoms with van der Waals surface area (Å²) in [6, 6.07) is 16.5. The van der Waals surface area contributed by atoms with Gasteiger partial charge in [0.2, 0.25) is 10.0 Å². The van der Waals surface area contributed by atoms with Crippen LogP contribution in [-0.4, -0.2) is 49.4 Å². The number of methoxy groups -OCH3 is 1. The highest BCUT2D eigenvalue weighted by Gasteiger charge is 2.30. The summed E-state index contributed by atoms with van der Waals surface area (Å²) < 4.78 is 34.7. The summed E-state index contributed by atoms with van der Waals surface area (Å²) in [7, 11) is -1.89. The SMILES string of the molecule is COc1ccc(-n2c(C)cc(C(=O)NC3CCN(S(=O)(=O)c4ccc(C)cc4)CC3)c2C)cc1. The molecule has 8 heteroatoms. The van der Waals surface area contributed by atoms with Crippen molar-refractivity contribution in [2.24, 2.45) is 0 Å². The second kappa shape index (κ2) is 9.64. The lowest BCUT2D eigenvalue weighted by molar-refractivity contribution is 0.0923. The van der Waals surface area contributed by atoms with Crippen molar-refractivity contribution in [3.63, 3.8) is 0 Å². The Hall–Kier alpha value is -3.10. The number of benzene rings is 2. The third-order valence-electron chi connectivity index (χ3n) is 6.45. The zero-order valence-electron chi connectivity index (χ0n) is 20.0. The molecule has 4 rings (SSSR count).